The molecule has 0 amide bonds. The van der Waals surface area contributed by atoms with Gasteiger partial charge in [0.05, 0.1) is 11.6 Å². The van der Waals surface area contributed by atoms with Crippen molar-refractivity contribution >= 4 is 74.6 Å². The molecule has 0 aliphatic carbocycles. The van der Waals surface area contributed by atoms with Gasteiger partial charge in [-0.3, -0.25) is 0 Å². The summed E-state index contributed by atoms with van der Waals surface area (Å²) < 4.78 is 2.44. The van der Waals surface area contributed by atoms with Crippen LogP contribution < -0.4 is 0 Å². The summed E-state index contributed by atoms with van der Waals surface area (Å²) in [6.45, 7) is 0. The molecule has 0 saturated carbocycles. The van der Waals surface area contributed by atoms with E-state index >= 15 is 0 Å². The standard InChI is InChI=1S/C53H31NS/c54-32-33-19-27-50-47(29-33)48-30-39(25-28-51(48)55-50)35-22-20-34(21-23-35)38-24-26-46-49(31-38)53(43-18-8-12-37-10-2-4-14-41(37)43)45-16-6-5-15-44(45)52(46)42-17-7-11-36-9-1-3-13-40(36)42/h1-31H. The van der Waals surface area contributed by atoms with E-state index < -0.39 is 0 Å². The second-order valence-electron chi connectivity index (χ2n) is 14.3. The Morgan fingerprint density at radius 2 is 0.764 bits per heavy atom. The van der Waals surface area contributed by atoms with E-state index in [-0.39, 0.29) is 0 Å². The average molecular weight is 714 g/mol. The third-order valence-corrected chi connectivity index (χ3v) is 12.4. The molecule has 2 heteroatoms. The number of nitrogens with zero attached hydrogens (tertiary/aromatic N) is 1. The van der Waals surface area contributed by atoms with Gasteiger partial charge in [0, 0.05) is 20.2 Å². The maximum absolute atomic E-state index is 9.54. The minimum atomic E-state index is 0.693. The predicted octanol–water partition coefficient (Wildman–Crippen LogP) is 15.2. The number of fused-ring (bicyclic) bond motifs is 7. The molecule has 0 saturated heterocycles. The van der Waals surface area contributed by atoms with Crippen LogP contribution in [0, 0.1) is 11.3 Å². The molecule has 0 unspecified atom stereocenters. The number of thiophene rings is 1. The van der Waals surface area contributed by atoms with Crippen molar-refractivity contribution in [3.05, 3.63) is 194 Å². The van der Waals surface area contributed by atoms with Crippen LogP contribution in [-0.2, 0) is 0 Å². The van der Waals surface area contributed by atoms with E-state index in [1.165, 1.54) is 102 Å². The SMILES string of the molecule is N#Cc1ccc2sc3ccc(-c4ccc(-c5ccc6c(-c7cccc8ccccc78)c7ccccc7c(-c7cccc8ccccc78)c6c5)cc4)cc3c2c1. The van der Waals surface area contributed by atoms with Crippen LogP contribution in [-0.4, -0.2) is 0 Å². The van der Waals surface area contributed by atoms with Crippen molar-refractivity contribution in [2.75, 3.05) is 0 Å². The van der Waals surface area contributed by atoms with Gasteiger partial charge in [0.1, 0.15) is 0 Å². The van der Waals surface area contributed by atoms with Gasteiger partial charge in [-0.2, -0.15) is 5.26 Å². The normalized spacial score (nSPS) is 11.6. The van der Waals surface area contributed by atoms with E-state index in [2.05, 4.69) is 182 Å². The molecule has 11 rings (SSSR count). The number of rotatable bonds is 4. The maximum Gasteiger partial charge on any atom is 0.0991 e. The Labute approximate surface area is 322 Å². The fourth-order valence-corrected chi connectivity index (χ4v) is 9.77. The second-order valence-corrected chi connectivity index (χ2v) is 15.4. The van der Waals surface area contributed by atoms with Crippen molar-refractivity contribution in [3.8, 4) is 50.6 Å². The third-order valence-electron chi connectivity index (χ3n) is 11.3. The number of nitriles is 1. The summed E-state index contributed by atoms with van der Waals surface area (Å²) in [5.74, 6) is 0. The van der Waals surface area contributed by atoms with Crippen molar-refractivity contribution in [1.29, 1.82) is 5.26 Å². The molecule has 10 aromatic carbocycles. The first kappa shape index (κ1) is 31.5. The molecule has 1 heterocycles. The molecule has 254 valence electrons. The molecule has 0 aliphatic rings. The lowest BCUT2D eigenvalue weighted by atomic mass is 9.83. The highest BCUT2D eigenvalue weighted by molar-refractivity contribution is 7.25. The molecular formula is C53H31NS. The number of hydrogen-bond acceptors (Lipinski definition) is 2. The van der Waals surface area contributed by atoms with E-state index in [0.717, 1.165) is 5.39 Å². The lowest BCUT2D eigenvalue weighted by molar-refractivity contribution is 1.50. The highest BCUT2D eigenvalue weighted by Crippen LogP contribution is 2.47. The first-order valence-corrected chi connectivity index (χ1v) is 19.5. The summed E-state index contributed by atoms with van der Waals surface area (Å²) in [5, 5.41) is 21.9. The van der Waals surface area contributed by atoms with Gasteiger partial charge < -0.3 is 0 Å². The summed E-state index contributed by atoms with van der Waals surface area (Å²) in [4.78, 5) is 0. The highest BCUT2D eigenvalue weighted by Gasteiger charge is 2.20. The van der Waals surface area contributed by atoms with Gasteiger partial charge in [0.15, 0.2) is 0 Å². The van der Waals surface area contributed by atoms with Crippen LogP contribution in [0.5, 0.6) is 0 Å². The van der Waals surface area contributed by atoms with Gasteiger partial charge in [-0.1, -0.05) is 152 Å². The molecule has 0 bridgehead atoms. The summed E-state index contributed by atoms with van der Waals surface area (Å²) in [6, 6.07) is 70.8. The third kappa shape index (κ3) is 5.06. The molecule has 11 aromatic rings. The molecule has 0 spiro atoms. The molecule has 1 aromatic heterocycles. The van der Waals surface area contributed by atoms with Crippen molar-refractivity contribution in [2.45, 2.75) is 0 Å². The minimum absolute atomic E-state index is 0.693. The second kappa shape index (κ2) is 12.5. The van der Waals surface area contributed by atoms with Crippen LogP contribution >= 0.6 is 11.3 Å². The van der Waals surface area contributed by atoms with Crippen molar-refractivity contribution in [2.24, 2.45) is 0 Å². The number of hydrogen-bond donors (Lipinski definition) is 0. The number of benzene rings is 10. The van der Waals surface area contributed by atoms with Gasteiger partial charge in [0.2, 0.25) is 0 Å². The van der Waals surface area contributed by atoms with Gasteiger partial charge in [0.25, 0.3) is 0 Å². The first-order chi connectivity index (χ1) is 27.2. The monoisotopic (exact) mass is 713 g/mol. The molecule has 1 nitrogen and oxygen atoms in total. The van der Waals surface area contributed by atoms with Crippen molar-refractivity contribution < 1.29 is 0 Å². The van der Waals surface area contributed by atoms with Crippen LogP contribution in [0.15, 0.2) is 188 Å². The molecule has 0 aliphatic heterocycles. The van der Waals surface area contributed by atoms with E-state index in [1.807, 2.05) is 12.1 Å². The van der Waals surface area contributed by atoms with Crippen LogP contribution in [0.3, 0.4) is 0 Å². The van der Waals surface area contributed by atoms with Gasteiger partial charge in [-0.15, -0.1) is 11.3 Å². The van der Waals surface area contributed by atoms with E-state index in [9.17, 15) is 5.26 Å². The average Bonchev–Trinajstić information content (AvgIpc) is 3.62. The minimum Gasteiger partial charge on any atom is -0.192 e. The first-order valence-electron chi connectivity index (χ1n) is 18.6. The Balaban J connectivity index is 1.13. The molecule has 0 atom stereocenters. The lowest BCUT2D eigenvalue weighted by Gasteiger charge is -2.20. The summed E-state index contributed by atoms with van der Waals surface area (Å²) >= 11 is 1.78. The largest absolute Gasteiger partial charge is 0.192 e. The Kier molecular flexibility index (Phi) is 7.17. The molecule has 0 fully saturated rings. The zero-order chi connectivity index (χ0) is 36.5. The van der Waals surface area contributed by atoms with Crippen LogP contribution in [0.2, 0.25) is 0 Å². The highest BCUT2D eigenvalue weighted by atomic mass is 32.1. The Hall–Kier alpha value is -7.05. The van der Waals surface area contributed by atoms with Crippen LogP contribution in [0.1, 0.15) is 5.56 Å². The van der Waals surface area contributed by atoms with E-state index in [0.29, 0.717) is 5.56 Å². The van der Waals surface area contributed by atoms with Gasteiger partial charge in [-0.05, 0) is 124 Å². The van der Waals surface area contributed by atoms with Crippen LogP contribution in [0.25, 0.3) is 108 Å². The predicted molar refractivity (Wildman–Crippen MR) is 236 cm³/mol. The quantitative estimate of drug-likeness (QED) is 0.167. The Morgan fingerprint density at radius 1 is 0.327 bits per heavy atom. The van der Waals surface area contributed by atoms with Gasteiger partial charge >= 0.3 is 0 Å². The van der Waals surface area contributed by atoms with Crippen molar-refractivity contribution in [3.63, 3.8) is 0 Å². The van der Waals surface area contributed by atoms with Crippen molar-refractivity contribution in [1.82, 2.24) is 0 Å². The topological polar surface area (TPSA) is 23.8 Å². The molecule has 55 heavy (non-hydrogen) atoms. The smallest absolute Gasteiger partial charge is 0.0991 e. The zero-order valence-corrected chi connectivity index (χ0v) is 30.6. The Morgan fingerprint density at radius 3 is 1.36 bits per heavy atom. The summed E-state index contributed by atoms with van der Waals surface area (Å²) in [6.07, 6.45) is 0. The molecule has 0 radical (unpaired) electrons. The molecular weight excluding hydrogens is 683 g/mol. The maximum atomic E-state index is 9.54. The Bertz CT molecular complexity index is 3370. The van der Waals surface area contributed by atoms with E-state index in [4.69, 9.17) is 0 Å². The zero-order valence-electron chi connectivity index (χ0n) is 29.8. The van der Waals surface area contributed by atoms with Gasteiger partial charge in [-0.25, -0.2) is 0 Å². The summed E-state index contributed by atoms with van der Waals surface area (Å²) in [5.41, 5.74) is 10.4. The fraction of sp³-hybridized carbons (Fsp3) is 0. The molecule has 0 N–H and O–H groups in total. The van der Waals surface area contributed by atoms with Crippen LogP contribution in [0.4, 0.5) is 0 Å². The lowest BCUT2D eigenvalue weighted by Crippen LogP contribution is -1.93. The summed E-state index contributed by atoms with van der Waals surface area (Å²) in [7, 11) is 0. The van der Waals surface area contributed by atoms with E-state index in [1.54, 1.807) is 11.3 Å². The fourth-order valence-electron chi connectivity index (χ4n) is 8.71.